The molecule has 1 aliphatic rings. The number of para-hydroxylation sites is 1. The van der Waals surface area contributed by atoms with E-state index in [9.17, 15) is 4.79 Å². The molecule has 0 aliphatic carbocycles. The molecule has 1 aliphatic heterocycles. The molecule has 3 heteroatoms. The van der Waals surface area contributed by atoms with Crippen LogP contribution >= 0.6 is 0 Å². The van der Waals surface area contributed by atoms with E-state index in [1.807, 2.05) is 13.0 Å². The number of benzene rings is 1. The van der Waals surface area contributed by atoms with Crippen LogP contribution in [0.2, 0.25) is 0 Å². The first-order valence-corrected chi connectivity index (χ1v) is 7.01. The standard InChI is InChI=1S/C16H20N2O/c1-10-4-3-5-13-14(11(2)18-15(10)13)16(19)12-6-8-17-9-7-12/h3-5,12,17-18H,6-9H2,1-2H3. The maximum Gasteiger partial charge on any atom is 0.168 e. The Balaban J connectivity index is 2.06. The van der Waals surface area contributed by atoms with Crippen LogP contribution in [0, 0.1) is 19.8 Å². The van der Waals surface area contributed by atoms with Gasteiger partial charge in [-0.25, -0.2) is 0 Å². The molecule has 0 amide bonds. The number of carbonyl (C=O) groups excluding carboxylic acids is 1. The third kappa shape index (κ3) is 2.08. The Labute approximate surface area is 113 Å². The summed E-state index contributed by atoms with van der Waals surface area (Å²) in [6.07, 6.45) is 1.91. The molecule has 2 aromatic rings. The molecular formula is C16H20N2O. The van der Waals surface area contributed by atoms with Crippen molar-refractivity contribution in [1.29, 1.82) is 0 Å². The number of Topliss-reactive ketones (excluding diaryl/α,β-unsaturated/α-hetero) is 1. The number of aryl methyl sites for hydroxylation is 2. The molecular weight excluding hydrogens is 236 g/mol. The van der Waals surface area contributed by atoms with Crippen LogP contribution in [0.15, 0.2) is 18.2 Å². The van der Waals surface area contributed by atoms with Crippen molar-refractivity contribution in [3.63, 3.8) is 0 Å². The summed E-state index contributed by atoms with van der Waals surface area (Å²) in [4.78, 5) is 16.1. The summed E-state index contributed by atoms with van der Waals surface area (Å²) < 4.78 is 0. The Morgan fingerprint density at radius 3 is 2.68 bits per heavy atom. The smallest absolute Gasteiger partial charge is 0.168 e. The summed E-state index contributed by atoms with van der Waals surface area (Å²) in [7, 11) is 0. The van der Waals surface area contributed by atoms with Gasteiger partial charge in [0.1, 0.15) is 0 Å². The molecule has 0 unspecified atom stereocenters. The molecule has 1 saturated heterocycles. The van der Waals surface area contributed by atoms with Crippen molar-refractivity contribution < 1.29 is 4.79 Å². The highest BCUT2D eigenvalue weighted by Crippen LogP contribution is 2.29. The van der Waals surface area contributed by atoms with Gasteiger partial charge in [0.25, 0.3) is 0 Å². The highest BCUT2D eigenvalue weighted by atomic mass is 16.1. The minimum atomic E-state index is 0.180. The molecule has 19 heavy (non-hydrogen) atoms. The fourth-order valence-electron chi connectivity index (χ4n) is 3.10. The Bertz CT molecular complexity index is 621. The molecule has 0 spiro atoms. The third-order valence-corrected chi connectivity index (χ3v) is 4.19. The Morgan fingerprint density at radius 1 is 1.21 bits per heavy atom. The van der Waals surface area contributed by atoms with Gasteiger partial charge in [-0.05, 0) is 45.3 Å². The maximum atomic E-state index is 12.8. The zero-order chi connectivity index (χ0) is 13.4. The minimum Gasteiger partial charge on any atom is -0.358 e. The fraction of sp³-hybridized carbons (Fsp3) is 0.438. The predicted molar refractivity (Wildman–Crippen MR) is 77.7 cm³/mol. The zero-order valence-electron chi connectivity index (χ0n) is 11.5. The van der Waals surface area contributed by atoms with E-state index in [0.717, 1.165) is 48.1 Å². The summed E-state index contributed by atoms with van der Waals surface area (Å²) in [6, 6.07) is 6.17. The van der Waals surface area contributed by atoms with Crippen LogP contribution < -0.4 is 5.32 Å². The van der Waals surface area contributed by atoms with Crippen molar-refractivity contribution in [3.05, 3.63) is 35.0 Å². The van der Waals surface area contributed by atoms with E-state index in [0.29, 0.717) is 5.78 Å². The number of ketones is 1. The molecule has 0 atom stereocenters. The maximum absolute atomic E-state index is 12.8. The molecule has 1 aromatic carbocycles. The van der Waals surface area contributed by atoms with Gasteiger partial charge in [0.05, 0.1) is 0 Å². The number of rotatable bonds is 2. The number of piperidine rings is 1. The molecule has 0 bridgehead atoms. The molecule has 3 rings (SSSR count). The number of aromatic amines is 1. The van der Waals surface area contributed by atoms with Crippen molar-refractivity contribution in [3.8, 4) is 0 Å². The summed E-state index contributed by atoms with van der Waals surface area (Å²) in [5, 5.41) is 4.40. The van der Waals surface area contributed by atoms with E-state index in [-0.39, 0.29) is 5.92 Å². The van der Waals surface area contributed by atoms with Crippen molar-refractivity contribution >= 4 is 16.7 Å². The van der Waals surface area contributed by atoms with Crippen molar-refractivity contribution in [2.24, 2.45) is 5.92 Å². The number of hydrogen-bond donors (Lipinski definition) is 2. The van der Waals surface area contributed by atoms with Gasteiger partial charge in [0.2, 0.25) is 0 Å². The van der Waals surface area contributed by atoms with E-state index < -0.39 is 0 Å². The van der Waals surface area contributed by atoms with Crippen LogP contribution in [0.4, 0.5) is 0 Å². The number of hydrogen-bond acceptors (Lipinski definition) is 2. The summed E-state index contributed by atoms with van der Waals surface area (Å²) in [5.74, 6) is 0.496. The van der Waals surface area contributed by atoms with Gasteiger partial charge in [0, 0.05) is 28.1 Å². The van der Waals surface area contributed by atoms with Gasteiger partial charge >= 0.3 is 0 Å². The van der Waals surface area contributed by atoms with E-state index >= 15 is 0 Å². The van der Waals surface area contributed by atoms with Crippen LogP contribution in [0.25, 0.3) is 10.9 Å². The Hall–Kier alpha value is -1.61. The van der Waals surface area contributed by atoms with Crippen LogP contribution in [0.5, 0.6) is 0 Å². The third-order valence-electron chi connectivity index (χ3n) is 4.19. The van der Waals surface area contributed by atoms with Gasteiger partial charge in [0.15, 0.2) is 5.78 Å². The van der Waals surface area contributed by atoms with E-state index in [1.54, 1.807) is 0 Å². The molecule has 2 heterocycles. The molecule has 1 fully saturated rings. The van der Waals surface area contributed by atoms with Crippen LogP contribution in [0.3, 0.4) is 0 Å². The number of nitrogens with one attached hydrogen (secondary N) is 2. The average Bonchev–Trinajstić information content (AvgIpc) is 2.77. The minimum absolute atomic E-state index is 0.180. The lowest BCUT2D eigenvalue weighted by Crippen LogP contribution is -2.32. The number of H-pyrrole nitrogens is 1. The lowest BCUT2D eigenvalue weighted by atomic mass is 9.88. The van der Waals surface area contributed by atoms with Gasteiger partial charge in [-0.1, -0.05) is 18.2 Å². The van der Waals surface area contributed by atoms with E-state index in [4.69, 9.17) is 0 Å². The molecule has 100 valence electrons. The summed E-state index contributed by atoms with van der Waals surface area (Å²) >= 11 is 0. The van der Waals surface area contributed by atoms with Crippen molar-refractivity contribution in [2.75, 3.05) is 13.1 Å². The number of aromatic nitrogens is 1. The first kappa shape index (κ1) is 12.4. The summed E-state index contributed by atoms with van der Waals surface area (Å²) in [5.41, 5.74) is 4.22. The van der Waals surface area contributed by atoms with Gasteiger partial charge in [-0.3, -0.25) is 4.79 Å². The average molecular weight is 256 g/mol. The van der Waals surface area contributed by atoms with Crippen LogP contribution in [0.1, 0.15) is 34.5 Å². The second kappa shape index (κ2) is 4.82. The zero-order valence-corrected chi connectivity index (χ0v) is 11.5. The normalized spacial score (nSPS) is 16.9. The van der Waals surface area contributed by atoms with Gasteiger partial charge in [-0.2, -0.15) is 0 Å². The molecule has 0 saturated carbocycles. The molecule has 1 aromatic heterocycles. The van der Waals surface area contributed by atoms with Crippen molar-refractivity contribution in [2.45, 2.75) is 26.7 Å². The lowest BCUT2D eigenvalue weighted by molar-refractivity contribution is 0.0896. The quantitative estimate of drug-likeness (QED) is 0.811. The molecule has 0 radical (unpaired) electrons. The first-order chi connectivity index (χ1) is 9.18. The second-order valence-corrected chi connectivity index (χ2v) is 5.51. The van der Waals surface area contributed by atoms with Crippen LogP contribution in [-0.4, -0.2) is 23.9 Å². The van der Waals surface area contributed by atoms with E-state index in [1.165, 1.54) is 5.56 Å². The highest BCUT2D eigenvalue weighted by Gasteiger charge is 2.26. The van der Waals surface area contributed by atoms with Crippen LogP contribution in [-0.2, 0) is 0 Å². The number of carbonyl (C=O) groups is 1. The first-order valence-electron chi connectivity index (χ1n) is 7.01. The Morgan fingerprint density at radius 2 is 1.95 bits per heavy atom. The topological polar surface area (TPSA) is 44.9 Å². The molecule has 2 N–H and O–H groups in total. The highest BCUT2D eigenvalue weighted by molar-refractivity contribution is 6.10. The van der Waals surface area contributed by atoms with E-state index in [2.05, 4.69) is 29.4 Å². The molecule has 3 nitrogen and oxygen atoms in total. The fourth-order valence-corrected chi connectivity index (χ4v) is 3.10. The second-order valence-electron chi connectivity index (χ2n) is 5.51. The predicted octanol–water partition coefficient (Wildman–Crippen LogP) is 2.97. The summed E-state index contributed by atoms with van der Waals surface area (Å²) in [6.45, 7) is 6.00. The monoisotopic (exact) mass is 256 g/mol. The van der Waals surface area contributed by atoms with Crippen molar-refractivity contribution in [1.82, 2.24) is 10.3 Å². The lowest BCUT2D eigenvalue weighted by Gasteiger charge is -2.21. The SMILES string of the molecule is Cc1[nH]c2c(C)cccc2c1C(=O)C1CCNCC1. The largest absolute Gasteiger partial charge is 0.358 e. The number of fused-ring (bicyclic) bond motifs is 1. The Kier molecular flexibility index (Phi) is 3.15. The van der Waals surface area contributed by atoms with Gasteiger partial charge < -0.3 is 10.3 Å². The van der Waals surface area contributed by atoms with Gasteiger partial charge in [-0.15, -0.1) is 0 Å².